The van der Waals surface area contributed by atoms with Crippen molar-refractivity contribution in [3.8, 4) is 0 Å². The molecule has 0 saturated carbocycles. The Morgan fingerprint density at radius 3 is 2.63 bits per heavy atom. The van der Waals surface area contributed by atoms with Gasteiger partial charge in [-0.3, -0.25) is 9.59 Å². The third kappa shape index (κ3) is 3.69. The van der Waals surface area contributed by atoms with Crippen LogP contribution in [-0.4, -0.2) is 49.6 Å². The van der Waals surface area contributed by atoms with Crippen molar-refractivity contribution in [3.63, 3.8) is 0 Å². The van der Waals surface area contributed by atoms with Crippen LogP contribution in [0.3, 0.4) is 0 Å². The van der Waals surface area contributed by atoms with Crippen LogP contribution < -0.4 is 5.32 Å². The molecule has 5 nitrogen and oxygen atoms in total. The molecular weight excluding hydrogens is 244 g/mol. The second-order valence-electron chi connectivity index (χ2n) is 5.52. The van der Waals surface area contributed by atoms with Gasteiger partial charge in [-0.25, -0.2) is 0 Å². The smallest absolute Gasteiger partial charge is 0.310 e. The van der Waals surface area contributed by atoms with E-state index in [2.05, 4.69) is 5.32 Å². The van der Waals surface area contributed by atoms with Crippen LogP contribution >= 0.6 is 0 Å². The SMILES string of the molecule is CCOC(=O)[C@H]1CCCN(C(=O)C2CC[NH2+]CC2)C1. The largest absolute Gasteiger partial charge is 0.466 e. The van der Waals surface area contributed by atoms with E-state index in [4.69, 9.17) is 4.74 Å². The molecule has 0 radical (unpaired) electrons. The summed E-state index contributed by atoms with van der Waals surface area (Å²) in [5, 5.41) is 2.27. The number of piperidine rings is 2. The fourth-order valence-electron chi connectivity index (χ4n) is 3.06. The molecule has 0 spiro atoms. The Balaban J connectivity index is 1.89. The highest BCUT2D eigenvalue weighted by molar-refractivity contribution is 5.80. The lowest BCUT2D eigenvalue weighted by atomic mass is 9.93. The summed E-state index contributed by atoms with van der Waals surface area (Å²) in [5.41, 5.74) is 0. The van der Waals surface area contributed by atoms with Crippen LogP contribution in [0.25, 0.3) is 0 Å². The predicted molar refractivity (Wildman–Crippen MR) is 70.3 cm³/mol. The number of nitrogens with two attached hydrogens (primary N) is 1. The van der Waals surface area contributed by atoms with E-state index in [-0.39, 0.29) is 23.7 Å². The normalized spacial score (nSPS) is 25.1. The molecule has 0 aromatic rings. The molecule has 2 aliphatic heterocycles. The monoisotopic (exact) mass is 269 g/mol. The lowest BCUT2D eigenvalue weighted by molar-refractivity contribution is -0.664. The van der Waals surface area contributed by atoms with E-state index in [1.807, 2.05) is 11.8 Å². The Hall–Kier alpha value is -1.10. The molecule has 0 bridgehead atoms. The number of hydrogen-bond donors (Lipinski definition) is 1. The van der Waals surface area contributed by atoms with Gasteiger partial charge in [-0.1, -0.05) is 0 Å². The van der Waals surface area contributed by atoms with Crippen LogP contribution in [-0.2, 0) is 14.3 Å². The molecule has 108 valence electrons. The number of amides is 1. The summed E-state index contributed by atoms with van der Waals surface area (Å²) in [6.07, 6.45) is 3.70. The van der Waals surface area contributed by atoms with Crippen LogP contribution in [0, 0.1) is 11.8 Å². The summed E-state index contributed by atoms with van der Waals surface area (Å²) in [6, 6.07) is 0. The molecule has 0 aromatic heterocycles. The van der Waals surface area contributed by atoms with E-state index in [1.165, 1.54) is 0 Å². The average Bonchev–Trinajstić information content (AvgIpc) is 2.48. The van der Waals surface area contributed by atoms with Crippen molar-refractivity contribution in [1.82, 2.24) is 4.90 Å². The lowest BCUT2D eigenvalue weighted by Crippen LogP contribution is -2.86. The second-order valence-corrected chi connectivity index (χ2v) is 5.52. The molecule has 5 heteroatoms. The Kier molecular flexibility index (Phi) is 5.19. The minimum atomic E-state index is -0.142. The van der Waals surface area contributed by atoms with Crippen LogP contribution in [0.4, 0.5) is 0 Å². The van der Waals surface area contributed by atoms with Crippen molar-refractivity contribution in [2.75, 3.05) is 32.8 Å². The molecule has 1 amide bonds. The van der Waals surface area contributed by atoms with Crippen molar-refractivity contribution in [3.05, 3.63) is 0 Å². The second kappa shape index (κ2) is 6.89. The fraction of sp³-hybridized carbons (Fsp3) is 0.857. The third-order valence-electron chi connectivity index (χ3n) is 4.14. The quantitative estimate of drug-likeness (QED) is 0.719. The number of nitrogens with zero attached hydrogens (tertiary/aromatic N) is 1. The first-order valence-electron chi connectivity index (χ1n) is 7.49. The van der Waals surface area contributed by atoms with Crippen LogP contribution in [0.1, 0.15) is 32.6 Å². The number of carbonyl (C=O) groups excluding carboxylic acids is 2. The number of hydrogen-bond acceptors (Lipinski definition) is 3. The molecule has 19 heavy (non-hydrogen) atoms. The van der Waals surface area contributed by atoms with Gasteiger partial charge in [0.2, 0.25) is 5.91 Å². The molecule has 2 N–H and O–H groups in total. The van der Waals surface area contributed by atoms with Crippen molar-refractivity contribution >= 4 is 11.9 Å². The van der Waals surface area contributed by atoms with Crippen molar-refractivity contribution in [1.29, 1.82) is 0 Å². The number of ether oxygens (including phenoxy) is 1. The van der Waals surface area contributed by atoms with Gasteiger partial charge in [0.05, 0.1) is 25.6 Å². The maximum atomic E-state index is 12.4. The van der Waals surface area contributed by atoms with Crippen molar-refractivity contribution in [2.45, 2.75) is 32.6 Å². The number of rotatable bonds is 3. The molecule has 2 aliphatic rings. The predicted octanol–water partition coefficient (Wildman–Crippen LogP) is -0.238. The minimum Gasteiger partial charge on any atom is -0.466 e. The number of likely N-dealkylation sites (tertiary alicyclic amines) is 1. The molecule has 0 unspecified atom stereocenters. The van der Waals surface area contributed by atoms with Crippen molar-refractivity contribution < 1.29 is 19.6 Å². The molecule has 0 aromatic carbocycles. The lowest BCUT2D eigenvalue weighted by Gasteiger charge is -2.34. The number of esters is 1. The molecular formula is C14H25N2O3+. The Morgan fingerprint density at radius 1 is 1.21 bits per heavy atom. The van der Waals surface area contributed by atoms with E-state index in [0.717, 1.165) is 45.3 Å². The van der Waals surface area contributed by atoms with Crippen LogP contribution in [0.5, 0.6) is 0 Å². The zero-order valence-electron chi connectivity index (χ0n) is 11.8. The zero-order valence-corrected chi connectivity index (χ0v) is 11.8. The Morgan fingerprint density at radius 2 is 1.95 bits per heavy atom. The first-order valence-corrected chi connectivity index (χ1v) is 7.49. The van der Waals surface area contributed by atoms with Gasteiger partial charge in [-0.2, -0.15) is 0 Å². The standard InChI is InChI=1S/C14H24N2O3/c1-2-19-14(18)12-4-3-9-16(10-12)13(17)11-5-7-15-8-6-11/h11-12,15H,2-10H2,1H3/p+1/t12-/m0/s1. The summed E-state index contributed by atoms with van der Waals surface area (Å²) in [7, 11) is 0. The molecule has 2 rings (SSSR count). The summed E-state index contributed by atoms with van der Waals surface area (Å²) in [6.45, 7) is 5.69. The summed E-state index contributed by atoms with van der Waals surface area (Å²) in [5.74, 6) is 0.165. The topological polar surface area (TPSA) is 63.2 Å². The van der Waals surface area contributed by atoms with E-state index in [9.17, 15) is 9.59 Å². The highest BCUT2D eigenvalue weighted by Gasteiger charge is 2.33. The van der Waals surface area contributed by atoms with Gasteiger partial charge >= 0.3 is 5.97 Å². The van der Waals surface area contributed by atoms with Gasteiger partial charge in [-0.15, -0.1) is 0 Å². The molecule has 1 atom stereocenters. The van der Waals surface area contributed by atoms with Crippen LogP contribution in [0.2, 0.25) is 0 Å². The van der Waals surface area contributed by atoms with E-state index in [0.29, 0.717) is 13.2 Å². The highest BCUT2D eigenvalue weighted by Crippen LogP contribution is 2.21. The van der Waals surface area contributed by atoms with E-state index >= 15 is 0 Å². The molecule has 2 saturated heterocycles. The number of carbonyl (C=O) groups is 2. The molecule has 0 aliphatic carbocycles. The Bertz CT molecular complexity index is 327. The summed E-state index contributed by atoms with van der Waals surface area (Å²) in [4.78, 5) is 26.1. The summed E-state index contributed by atoms with van der Waals surface area (Å²) < 4.78 is 5.07. The summed E-state index contributed by atoms with van der Waals surface area (Å²) >= 11 is 0. The molecule has 2 heterocycles. The van der Waals surface area contributed by atoms with Crippen molar-refractivity contribution in [2.24, 2.45) is 11.8 Å². The van der Waals surface area contributed by atoms with Gasteiger partial charge in [-0.05, 0) is 19.8 Å². The van der Waals surface area contributed by atoms with Gasteiger partial charge < -0.3 is 15.0 Å². The first-order chi connectivity index (χ1) is 9.22. The maximum Gasteiger partial charge on any atom is 0.310 e. The fourth-order valence-corrected chi connectivity index (χ4v) is 3.06. The Labute approximate surface area is 114 Å². The van der Waals surface area contributed by atoms with E-state index < -0.39 is 0 Å². The molecule has 2 fully saturated rings. The van der Waals surface area contributed by atoms with E-state index in [1.54, 1.807) is 0 Å². The highest BCUT2D eigenvalue weighted by atomic mass is 16.5. The minimum absolute atomic E-state index is 0.118. The third-order valence-corrected chi connectivity index (χ3v) is 4.14. The zero-order chi connectivity index (χ0) is 13.7. The van der Waals surface area contributed by atoms with Gasteiger partial charge in [0.25, 0.3) is 0 Å². The van der Waals surface area contributed by atoms with Gasteiger partial charge in [0, 0.05) is 31.8 Å². The average molecular weight is 269 g/mol. The first kappa shape index (κ1) is 14.3. The maximum absolute atomic E-state index is 12.4. The van der Waals surface area contributed by atoms with Crippen LogP contribution in [0.15, 0.2) is 0 Å². The number of quaternary nitrogens is 1. The van der Waals surface area contributed by atoms with Gasteiger partial charge in [0.1, 0.15) is 0 Å². The van der Waals surface area contributed by atoms with Gasteiger partial charge in [0.15, 0.2) is 0 Å².